The molecule has 3 aromatic rings. The Bertz CT molecular complexity index is 946. The van der Waals surface area contributed by atoms with Gasteiger partial charge in [-0.1, -0.05) is 6.07 Å². The number of thiophene rings is 1. The summed E-state index contributed by atoms with van der Waals surface area (Å²) < 4.78 is 1.75. The van der Waals surface area contributed by atoms with Crippen molar-refractivity contribution in [2.45, 2.75) is 0 Å². The van der Waals surface area contributed by atoms with Crippen LogP contribution in [0.25, 0.3) is 5.69 Å². The molecule has 0 aliphatic carbocycles. The zero-order valence-electron chi connectivity index (χ0n) is 14.5. The molecule has 8 heteroatoms. The van der Waals surface area contributed by atoms with E-state index < -0.39 is 0 Å². The molecule has 1 aliphatic heterocycles. The lowest BCUT2D eigenvalue weighted by Crippen LogP contribution is -2.48. The maximum Gasteiger partial charge on any atom is 0.293 e. The lowest BCUT2D eigenvalue weighted by atomic mass is 10.2. The van der Waals surface area contributed by atoms with Gasteiger partial charge in [0, 0.05) is 50.3 Å². The van der Waals surface area contributed by atoms with Crippen molar-refractivity contribution in [3.05, 3.63) is 75.2 Å². The van der Waals surface area contributed by atoms with E-state index in [1.807, 2.05) is 40.6 Å². The Balaban J connectivity index is 1.52. The van der Waals surface area contributed by atoms with Gasteiger partial charge in [-0.05, 0) is 35.7 Å². The first-order valence-electron chi connectivity index (χ1n) is 8.63. The molecule has 1 fully saturated rings. The number of benzene rings is 1. The number of amides is 1. The van der Waals surface area contributed by atoms with Crippen LogP contribution >= 0.6 is 11.3 Å². The zero-order chi connectivity index (χ0) is 18.8. The Labute approximate surface area is 160 Å². The number of hydrogen-bond acceptors (Lipinski definition) is 5. The van der Waals surface area contributed by atoms with Crippen LogP contribution in [0.1, 0.15) is 9.67 Å². The van der Waals surface area contributed by atoms with Crippen LogP contribution in [-0.4, -0.2) is 46.5 Å². The summed E-state index contributed by atoms with van der Waals surface area (Å²) >= 11 is 1.46. The van der Waals surface area contributed by atoms with E-state index >= 15 is 0 Å². The van der Waals surface area contributed by atoms with Crippen LogP contribution in [0.5, 0.6) is 0 Å². The molecule has 3 heterocycles. The highest BCUT2D eigenvalue weighted by Gasteiger charge is 2.24. The van der Waals surface area contributed by atoms with Gasteiger partial charge < -0.3 is 14.4 Å². The average Bonchev–Trinajstić information content (AvgIpc) is 3.41. The second-order valence-electron chi connectivity index (χ2n) is 6.28. The SMILES string of the molecule is O=C(c1cccs1)N1CCN(c2ccc([N+](=O)[O-])c(-n3cccc3)c2)CC1. The van der Waals surface area contributed by atoms with Crippen molar-refractivity contribution >= 4 is 28.6 Å². The number of rotatable bonds is 4. The van der Waals surface area contributed by atoms with Crippen LogP contribution in [0.2, 0.25) is 0 Å². The third-order valence-electron chi connectivity index (χ3n) is 4.70. The Kier molecular flexibility index (Phi) is 4.64. The molecule has 138 valence electrons. The number of piperazine rings is 1. The van der Waals surface area contributed by atoms with E-state index in [1.54, 1.807) is 29.1 Å². The minimum atomic E-state index is -0.364. The summed E-state index contributed by atoms with van der Waals surface area (Å²) in [6, 6.07) is 12.6. The standard InChI is InChI=1S/C19H18N4O3S/c24-19(18-4-3-13-27-18)22-11-9-20(10-12-22)15-5-6-16(23(25)26)17(14-15)21-7-1-2-8-21/h1-8,13-14H,9-12H2. The van der Waals surface area contributed by atoms with Crippen molar-refractivity contribution in [1.29, 1.82) is 0 Å². The molecule has 0 spiro atoms. The molecule has 1 aromatic carbocycles. The third kappa shape index (κ3) is 3.43. The summed E-state index contributed by atoms with van der Waals surface area (Å²) in [4.78, 5) is 28.3. The maximum absolute atomic E-state index is 12.5. The maximum atomic E-state index is 12.5. The summed E-state index contributed by atoms with van der Waals surface area (Å²) in [6.45, 7) is 2.65. The number of nitro groups is 1. The van der Waals surface area contributed by atoms with Crippen LogP contribution < -0.4 is 4.90 Å². The van der Waals surface area contributed by atoms with Gasteiger partial charge in [0.2, 0.25) is 0 Å². The largest absolute Gasteiger partial charge is 0.368 e. The summed E-state index contributed by atoms with van der Waals surface area (Å²) in [5, 5.41) is 13.3. The first-order chi connectivity index (χ1) is 13.1. The van der Waals surface area contributed by atoms with Gasteiger partial charge in [0.05, 0.1) is 9.80 Å². The molecule has 1 saturated heterocycles. The van der Waals surface area contributed by atoms with Gasteiger partial charge in [0.1, 0.15) is 5.69 Å². The van der Waals surface area contributed by atoms with E-state index in [2.05, 4.69) is 4.90 Å². The third-order valence-corrected chi connectivity index (χ3v) is 5.56. The molecule has 4 rings (SSSR count). The monoisotopic (exact) mass is 382 g/mol. The lowest BCUT2D eigenvalue weighted by molar-refractivity contribution is -0.384. The molecular formula is C19H18N4O3S. The molecule has 0 bridgehead atoms. The van der Waals surface area contributed by atoms with Crippen LogP contribution in [0, 0.1) is 10.1 Å². The second kappa shape index (κ2) is 7.24. The number of nitro benzene ring substituents is 1. The highest BCUT2D eigenvalue weighted by atomic mass is 32.1. The highest BCUT2D eigenvalue weighted by molar-refractivity contribution is 7.12. The zero-order valence-corrected chi connectivity index (χ0v) is 15.3. The van der Waals surface area contributed by atoms with Crippen LogP contribution in [0.15, 0.2) is 60.2 Å². The second-order valence-corrected chi connectivity index (χ2v) is 7.22. The minimum Gasteiger partial charge on any atom is -0.368 e. The quantitative estimate of drug-likeness (QED) is 0.512. The molecule has 27 heavy (non-hydrogen) atoms. The Morgan fingerprint density at radius 3 is 2.41 bits per heavy atom. The first-order valence-corrected chi connectivity index (χ1v) is 9.51. The summed E-state index contributed by atoms with van der Waals surface area (Å²) in [5.74, 6) is 0.0707. The predicted octanol–water partition coefficient (Wildman–Crippen LogP) is 3.41. The van der Waals surface area contributed by atoms with Gasteiger partial charge in [-0.15, -0.1) is 11.3 Å². The van der Waals surface area contributed by atoms with E-state index in [9.17, 15) is 14.9 Å². The Morgan fingerprint density at radius 2 is 1.78 bits per heavy atom. The van der Waals surface area contributed by atoms with Gasteiger partial charge in [0.25, 0.3) is 11.6 Å². The lowest BCUT2D eigenvalue weighted by Gasteiger charge is -2.36. The predicted molar refractivity (Wildman–Crippen MR) is 105 cm³/mol. The van der Waals surface area contributed by atoms with E-state index in [4.69, 9.17) is 0 Å². The fourth-order valence-electron chi connectivity index (χ4n) is 3.29. The molecule has 0 radical (unpaired) electrons. The van der Waals surface area contributed by atoms with Crippen molar-refractivity contribution in [2.24, 2.45) is 0 Å². The number of anilines is 1. The number of carbonyl (C=O) groups is 1. The van der Waals surface area contributed by atoms with E-state index in [1.165, 1.54) is 11.3 Å². The van der Waals surface area contributed by atoms with Crippen molar-refractivity contribution in [3.63, 3.8) is 0 Å². The molecule has 1 amide bonds. The van der Waals surface area contributed by atoms with E-state index in [0.29, 0.717) is 31.9 Å². The summed E-state index contributed by atoms with van der Waals surface area (Å²) in [6.07, 6.45) is 3.59. The summed E-state index contributed by atoms with van der Waals surface area (Å²) in [7, 11) is 0. The van der Waals surface area contributed by atoms with Crippen LogP contribution in [0.3, 0.4) is 0 Å². The Hall–Kier alpha value is -3.13. The average molecular weight is 382 g/mol. The number of hydrogen-bond donors (Lipinski definition) is 0. The summed E-state index contributed by atoms with van der Waals surface area (Å²) in [5.41, 5.74) is 1.54. The van der Waals surface area contributed by atoms with Crippen LogP contribution in [-0.2, 0) is 0 Å². The molecule has 0 unspecified atom stereocenters. The Morgan fingerprint density at radius 1 is 1.04 bits per heavy atom. The molecule has 0 saturated carbocycles. The van der Waals surface area contributed by atoms with Gasteiger partial charge in [0.15, 0.2) is 0 Å². The van der Waals surface area contributed by atoms with E-state index in [-0.39, 0.29) is 16.5 Å². The van der Waals surface area contributed by atoms with Crippen molar-refractivity contribution in [3.8, 4) is 5.69 Å². The van der Waals surface area contributed by atoms with Crippen LogP contribution in [0.4, 0.5) is 11.4 Å². The van der Waals surface area contributed by atoms with Gasteiger partial charge in [-0.25, -0.2) is 0 Å². The van der Waals surface area contributed by atoms with Gasteiger partial charge in [-0.3, -0.25) is 14.9 Å². The minimum absolute atomic E-state index is 0.0707. The van der Waals surface area contributed by atoms with Crippen molar-refractivity contribution < 1.29 is 9.72 Å². The fourth-order valence-corrected chi connectivity index (χ4v) is 3.98. The smallest absolute Gasteiger partial charge is 0.293 e. The number of aromatic nitrogens is 1. The normalized spacial score (nSPS) is 14.4. The van der Waals surface area contributed by atoms with E-state index in [0.717, 1.165) is 10.6 Å². The topological polar surface area (TPSA) is 71.6 Å². The molecular weight excluding hydrogens is 364 g/mol. The fraction of sp³-hybridized carbons (Fsp3) is 0.211. The molecule has 7 nitrogen and oxygen atoms in total. The number of carbonyl (C=O) groups excluding carboxylic acids is 1. The first kappa shape index (κ1) is 17.3. The highest BCUT2D eigenvalue weighted by Crippen LogP contribution is 2.29. The molecule has 0 N–H and O–H groups in total. The van der Waals surface area contributed by atoms with Gasteiger partial charge in [-0.2, -0.15) is 0 Å². The molecule has 2 aromatic heterocycles. The molecule has 0 atom stereocenters. The van der Waals surface area contributed by atoms with Gasteiger partial charge >= 0.3 is 0 Å². The van der Waals surface area contributed by atoms with Crippen molar-refractivity contribution in [1.82, 2.24) is 9.47 Å². The van der Waals surface area contributed by atoms with Crippen molar-refractivity contribution in [2.75, 3.05) is 31.1 Å². The molecule has 1 aliphatic rings. The number of nitrogens with zero attached hydrogens (tertiary/aromatic N) is 4.